The first-order chi connectivity index (χ1) is 13.5. The van der Waals surface area contributed by atoms with Gasteiger partial charge in [0, 0.05) is 38.4 Å². The van der Waals surface area contributed by atoms with Crippen molar-refractivity contribution in [2.24, 2.45) is 7.05 Å². The molecule has 9 nitrogen and oxygen atoms in total. The van der Waals surface area contributed by atoms with Crippen molar-refractivity contribution in [2.45, 2.75) is 32.2 Å². The van der Waals surface area contributed by atoms with Crippen molar-refractivity contribution in [3.8, 4) is 0 Å². The first-order valence-corrected chi connectivity index (χ1v) is 9.31. The Labute approximate surface area is 161 Å². The summed E-state index contributed by atoms with van der Waals surface area (Å²) in [7, 11) is 1.81. The minimum absolute atomic E-state index is 0.0945. The number of amides is 2. The first-order valence-electron chi connectivity index (χ1n) is 9.31. The van der Waals surface area contributed by atoms with Crippen LogP contribution in [0.1, 0.15) is 47.9 Å². The van der Waals surface area contributed by atoms with Gasteiger partial charge < -0.3 is 14.7 Å². The quantitative estimate of drug-likeness (QED) is 0.735. The number of hydrogen-bond acceptors (Lipinski definition) is 6. The fraction of sp³-hybridized carbons (Fsp3) is 0.421. The lowest BCUT2D eigenvalue weighted by Crippen LogP contribution is -2.36. The molecule has 0 saturated carbocycles. The number of carbonyl (C=O) groups is 2. The van der Waals surface area contributed by atoms with Gasteiger partial charge in [-0.1, -0.05) is 23.4 Å². The van der Waals surface area contributed by atoms with E-state index in [-0.39, 0.29) is 24.3 Å². The van der Waals surface area contributed by atoms with Crippen LogP contribution in [0.5, 0.6) is 0 Å². The minimum Gasteiger partial charge on any atom is -0.343 e. The largest absolute Gasteiger partial charge is 0.343 e. The van der Waals surface area contributed by atoms with E-state index in [2.05, 4.69) is 20.6 Å². The lowest BCUT2D eigenvalue weighted by atomic mass is 9.96. The molecular weight excluding hydrogens is 360 g/mol. The molecule has 1 N–H and O–H groups in total. The summed E-state index contributed by atoms with van der Waals surface area (Å²) in [6.07, 6.45) is 1.62. The summed E-state index contributed by atoms with van der Waals surface area (Å²) in [5, 5.41) is 12.0. The molecule has 4 rings (SSSR count). The molecule has 3 heterocycles. The predicted molar refractivity (Wildman–Crippen MR) is 100 cm³/mol. The predicted octanol–water partition coefficient (Wildman–Crippen LogP) is 1.61. The maximum absolute atomic E-state index is 12.5. The third kappa shape index (κ3) is 3.47. The van der Waals surface area contributed by atoms with Gasteiger partial charge >= 0.3 is 0 Å². The molecule has 2 amide bonds. The van der Waals surface area contributed by atoms with E-state index in [0.29, 0.717) is 30.5 Å². The van der Waals surface area contributed by atoms with Gasteiger partial charge in [0.2, 0.25) is 11.8 Å². The number of piperidine rings is 1. The van der Waals surface area contributed by atoms with E-state index in [1.807, 2.05) is 29.2 Å². The van der Waals surface area contributed by atoms with Crippen molar-refractivity contribution in [3.05, 3.63) is 41.7 Å². The van der Waals surface area contributed by atoms with Crippen LogP contribution in [0, 0.1) is 0 Å². The molecule has 0 radical (unpaired) electrons. The number of aromatic nitrogens is 4. The van der Waals surface area contributed by atoms with E-state index < -0.39 is 0 Å². The number of benzene rings is 1. The molecule has 0 spiro atoms. The molecule has 1 aliphatic rings. The number of nitrogens with zero attached hydrogens (tertiary/aromatic N) is 5. The van der Waals surface area contributed by atoms with Crippen molar-refractivity contribution in [1.29, 1.82) is 0 Å². The highest BCUT2D eigenvalue weighted by Gasteiger charge is 2.26. The van der Waals surface area contributed by atoms with Crippen LogP contribution >= 0.6 is 0 Å². The highest BCUT2D eigenvalue weighted by molar-refractivity contribution is 6.04. The van der Waals surface area contributed by atoms with Gasteiger partial charge in [-0.25, -0.2) is 0 Å². The average molecular weight is 382 g/mol. The zero-order valence-corrected chi connectivity index (χ0v) is 15.9. The maximum atomic E-state index is 12.5. The summed E-state index contributed by atoms with van der Waals surface area (Å²) in [5.74, 6) is 0.972. The molecular formula is C19H22N6O3. The van der Waals surface area contributed by atoms with Crippen molar-refractivity contribution in [3.63, 3.8) is 0 Å². The summed E-state index contributed by atoms with van der Waals surface area (Å²) in [5.41, 5.74) is 1.26. The van der Waals surface area contributed by atoms with Gasteiger partial charge in [0.05, 0.1) is 12.1 Å². The standard InChI is InChI=1S/C19H22N6O3/c1-12(26)25-9-7-13(8-10-25)18-21-16(28-23-18)11-20-19(27)17-14-5-3-4-6-15(14)24(2)22-17/h3-6,13H,7-11H2,1-2H3,(H,20,27). The van der Waals surface area contributed by atoms with E-state index in [1.165, 1.54) is 0 Å². The lowest BCUT2D eigenvalue weighted by Gasteiger charge is -2.29. The minimum atomic E-state index is -0.286. The van der Waals surface area contributed by atoms with Crippen LogP contribution in [-0.2, 0) is 18.4 Å². The van der Waals surface area contributed by atoms with Crippen LogP contribution in [-0.4, -0.2) is 49.7 Å². The van der Waals surface area contributed by atoms with Gasteiger partial charge in [-0.15, -0.1) is 0 Å². The number of rotatable bonds is 4. The fourth-order valence-corrected chi connectivity index (χ4v) is 3.58. The topological polar surface area (TPSA) is 106 Å². The van der Waals surface area contributed by atoms with Crippen molar-refractivity contribution in [1.82, 2.24) is 30.1 Å². The summed E-state index contributed by atoms with van der Waals surface area (Å²) in [6.45, 7) is 3.13. The third-order valence-electron chi connectivity index (χ3n) is 5.16. The zero-order chi connectivity index (χ0) is 19.7. The van der Waals surface area contributed by atoms with Crippen LogP contribution in [0.25, 0.3) is 10.9 Å². The Kier molecular flexibility index (Phi) is 4.81. The number of likely N-dealkylation sites (tertiary alicyclic amines) is 1. The molecule has 0 atom stereocenters. The Balaban J connectivity index is 1.38. The van der Waals surface area contributed by atoms with Crippen molar-refractivity contribution in [2.75, 3.05) is 13.1 Å². The van der Waals surface area contributed by atoms with Gasteiger partial charge in [0.1, 0.15) is 0 Å². The van der Waals surface area contributed by atoms with E-state index in [0.717, 1.165) is 23.7 Å². The number of hydrogen-bond donors (Lipinski definition) is 1. The van der Waals surface area contributed by atoms with Crippen LogP contribution in [0.4, 0.5) is 0 Å². The monoisotopic (exact) mass is 382 g/mol. The Morgan fingerprint density at radius 2 is 2.00 bits per heavy atom. The Morgan fingerprint density at radius 3 is 2.75 bits per heavy atom. The number of aryl methyl sites for hydroxylation is 1. The van der Waals surface area contributed by atoms with Gasteiger partial charge in [-0.05, 0) is 18.9 Å². The summed E-state index contributed by atoms with van der Waals surface area (Å²) in [6, 6.07) is 7.57. The number of para-hydroxylation sites is 1. The normalized spacial score (nSPS) is 15.1. The second-order valence-corrected chi connectivity index (χ2v) is 7.00. The van der Waals surface area contributed by atoms with Gasteiger partial charge in [-0.3, -0.25) is 14.3 Å². The maximum Gasteiger partial charge on any atom is 0.272 e. The molecule has 0 aliphatic carbocycles. The molecule has 0 bridgehead atoms. The molecule has 1 aromatic carbocycles. The molecule has 1 saturated heterocycles. The summed E-state index contributed by atoms with van der Waals surface area (Å²) in [4.78, 5) is 30.2. The second-order valence-electron chi connectivity index (χ2n) is 7.00. The number of carbonyl (C=O) groups excluding carboxylic acids is 2. The van der Waals surface area contributed by atoms with Crippen molar-refractivity contribution < 1.29 is 14.1 Å². The summed E-state index contributed by atoms with van der Waals surface area (Å²) < 4.78 is 6.97. The van der Waals surface area contributed by atoms with Crippen LogP contribution in [0.15, 0.2) is 28.8 Å². The van der Waals surface area contributed by atoms with E-state index in [1.54, 1.807) is 18.7 Å². The van der Waals surface area contributed by atoms with Crippen LogP contribution in [0.3, 0.4) is 0 Å². The summed E-state index contributed by atoms with van der Waals surface area (Å²) >= 11 is 0. The SMILES string of the molecule is CC(=O)N1CCC(c2noc(CNC(=O)c3nn(C)c4ccccc34)n2)CC1. The zero-order valence-electron chi connectivity index (χ0n) is 15.9. The highest BCUT2D eigenvalue weighted by Crippen LogP contribution is 2.26. The van der Waals surface area contributed by atoms with Gasteiger partial charge in [0.25, 0.3) is 5.91 Å². The smallest absolute Gasteiger partial charge is 0.272 e. The van der Waals surface area contributed by atoms with Gasteiger partial charge in [0.15, 0.2) is 11.5 Å². The fourth-order valence-electron chi connectivity index (χ4n) is 3.58. The molecule has 9 heteroatoms. The van der Waals surface area contributed by atoms with E-state index >= 15 is 0 Å². The van der Waals surface area contributed by atoms with Gasteiger partial charge in [-0.2, -0.15) is 10.1 Å². The highest BCUT2D eigenvalue weighted by atomic mass is 16.5. The van der Waals surface area contributed by atoms with Crippen LogP contribution < -0.4 is 5.32 Å². The van der Waals surface area contributed by atoms with Crippen molar-refractivity contribution >= 4 is 22.7 Å². The average Bonchev–Trinajstić information content (AvgIpc) is 3.31. The van der Waals surface area contributed by atoms with E-state index in [4.69, 9.17) is 4.52 Å². The van der Waals surface area contributed by atoms with E-state index in [9.17, 15) is 9.59 Å². The molecule has 3 aromatic rings. The third-order valence-corrected chi connectivity index (χ3v) is 5.16. The Bertz CT molecular complexity index is 1020. The van der Waals surface area contributed by atoms with Crippen LogP contribution in [0.2, 0.25) is 0 Å². The first kappa shape index (κ1) is 18.1. The lowest BCUT2D eigenvalue weighted by molar-refractivity contribution is -0.129. The molecule has 2 aromatic heterocycles. The Hall–Kier alpha value is -3.23. The number of nitrogens with one attached hydrogen (secondary N) is 1. The Morgan fingerprint density at radius 1 is 1.25 bits per heavy atom. The molecule has 28 heavy (non-hydrogen) atoms. The molecule has 146 valence electrons. The molecule has 1 fully saturated rings. The second kappa shape index (κ2) is 7.41. The molecule has 1 aliphatic heterocycles. The number of fused-ring (bicyclic) bond motifs is 1. The molecule has 0 unspecified atom stereocenters.